The van der Waals surface area contributed by atoms with E-state index in [0.29, 0.717) is 22.1 Å². The Balaban J connectivity index is 2.51. The third-order valence-corrected chi connectivity index (χ3v) is 3.48. The van der Waals surface area contributed by atoms with Gasteiger partial charge in [0.05, 0.1) is 29.9 Å². The molecule has 2 aromatic rings. The van der Waals surface area contributed by atoms with Gasteiger partial charge in [-0.3, -0.25) is 0 Å². The van der Waals surface area contributed by atoms with Gasteiger partial charge in [0.25, 0.3) is 0 Å². The van der Waals surface area contributed by atoms with Crippen LogP contribution < -0.4 is 9.47 Å². The van der Waals surface area contributed by atoms with Crippen LogP contribution in [0.2, 0.25) is 5.02 Å². The van der Waals surface area contributed by atoms with E-state index in [2.05, 4.69) is 0 Å². The van der Waals surface area contributed by atoms with Crippen molar-refractivity contribution >= 4 is 23.3 Å². The van der Waals surface area contributed by atoms with Crippen LogP contribution in [0.3, 0.4) is 0 Å². The van der Waals surface area contributed by atoms with E-state index in [1.807, 2.05) is 19.9 Å². The number of ether oxygens (including phenoxy) is 2. The fourth-order valence-corrected chi connectivity index (χ4v) is 2.45. The van der Waals surface area contributed by atoms with E-state index in [4.69, 9.17) is 21.1 Å². The van der Waals surface area contributed by atoms with E-state index in [0.717, 1.165) is 0 Å². The van der Waals surface area contributed by atoms with Crippen LogP contribution >= 0.6 is 11.6 Å². The summed E-state index contributed by atoms with van der Waals surface area (Å²) in [5.74, 6) is 0.437. The van der Waals surface area contributed by atoms with Crippen LogP contribution in [0.15, 0.2) is 36.4 Å². The fraction of sp³-hybridized carbons (Fsp3) is 0.211. The summed E-state index contributed by atoms with van der Waals surface area (Å²) in [6.45, 7) is 3.77. The van der Waals surface area contributed by atoms with Gasteiger partial charge in [-0.05, 0) is 43.7 Å². The molecule has 124 valence electrons. The third kappa shape index (κ3) is 4.06. The van der Waals surface area contributed by atoms with Crippen LogP contribution in [-0.4, -0.2) is 13.2 Å². The lowest BCUT2D eigenvalue weighted by Crippen LogP contribution is -2.07. The monoisotopic (exact) mass is 345 g/mol. The number of halogens is 2. The van der Waals surface area contributed by atoms with Crippen molar-refractivity contribution in [1.82, 2.24) is 0 Å². The summed E-state index contributed by atoms with van der Waals surface area (Å²) in [6.07, 6.45) is 1.50. The first-order valence-electron chi connectivity index (χ1n) is 7.37. The Kier molecular flexibility index (Phi) is 5.83. The zero-order valence-electron chi connectivity index (χ0n) is 13.6. The molecule has 0 radical (unpaired) electrons. The van der Waals surface area contributed by atoms with Crippen LogP contribution in [0.1, 0.15) is 25.0 Å². The van der Waals surface area contributed by atoms with E-state index in [-0.39, 0.29) is 17.2 Å². The highest BCUT2D eigenvalue weighted by atomic mass is 35.5. The number of hydrogen-bond donors (Lipinski definition) is 0. The molecule has 0 aromatic heterocycles. The first-order valence-corrected chi connectivity index (χ1v) is 7.75. The second-order valence-electron chi connectivity index (χ2n) is 5.35. The Hall–Kier alpha value is -2.51. The van der Waals surface area contributed by atoms with Crippen molar-refractivity contribution in [3.05, 3.63) is 58.4 Å². The predicted octanol–water partition coefficient (Wildman–Crippen LogP) is 5.34. The van der Waals surface area contributed by atoms with Crippen LogP contribution in [0.5, 0.6) is 11.5 Å². The standard InChI is InChI=1S/C19H17ClFNO2/c1-12(2)24-19-16(20)9-13(10-18(19)23-3)8-14(11-22)15-6-4-5-7-17(15)21/h4-10,12H,1-3H3. The molecule has 0 amide bonds. The van der Waals surface area contributed by atoms with E-state index >= 15 is 0 Å². The summed E-state index contributed by atoms with van der Waals surface area (Å²) in [7, 11) is 1.51. The first kappa shape index (κ1) is 17.8. The van der Waals surface area contributed by atoms with Gasteiger partial charge in [-0.2, -0.15) is 5.26 Å². The van der Waals surface area contributed by atoms with Crippen molar-refractivity contribution in [2.45, 2.75) is 20.0 Å². The van der Waals surface area contributed by atoms with Crippen molar-refractivity contribution in [2.75, 3.05) is 7.11 Å². The van der Waals surface area contributed by atoms with Gasteiger partial charge in [-0.15, -0.1) is 0 Å². The molecule has 0 saturated carbocycles. The second-order valence-corrected chi connectivity index (χ2v) is 5.76. The summed E-state index contributed by atoms with van der Waals surface area (Å²) in [4.78, 5) is 0. The SMILES string of the molecule is COc1cc(C=C(C#N)c2ccccc2F)cc(Cl)c1OC(C)C. The van der Waals surface area contributed by atoms with E-state index < -0.39 is 5.82 Å². The molecule has 0 aliphatic rings. The van der Waals surface area contributed by atoms with E-state index in [1.54, 1.807) is 36.4 Å². The molecule has 0 atom stereocenters. The summed E-state index contributed by atoms with van der Waals surface area (Å²) in [5, 5.41) is 9.72. The highest BCUT2D eigenvalue weighted by Gasteiger charge is 2.14. The maximum atomic E-state index is 13.9. The summed E-state index contributed by atoms with van der Waals surface area (Å²) < 4.78 is 24.9. The van der Waals surface area contributed by atoms with E-state index in [1.165, 1.54) is 13.2 Å². The number of nitriles is 1. The Morgan fingerprint density at radius 2 is 2.00 bits per heavy atom. The zero-order valence-corrected chi connectivity index (χ0v) is 14.4. The average molecular weight is 346 g/mol. The number of allylic oxidation sites excluding steroid dienone is 1. The van der Waals surface area contributed by atoms with Crippen LogP contribution in [-0.2, 0) is 0 Å². The quantitative estimate of drug-likeness (QED) is 0.542. The highest BCUT2D eigenvalue weighted by Crippen LogP contribution is 2.38. The lowest BCUT2D eigenvalue weighted by Gasteiger charge is -2.15. The Morgan fingerprint density at radius 3 is 2.58 bits per heavy atom. The van der Waals surface area contributed by atoms with Gasteiger partial charge >= 0.3 is 0 Å². The van der Waals surface area contributed by atoms with Crippen LogP contribution in [0, 0.1) is 17.1 Å². The number of methoxy groups -OCH3 is 1. The first-order chi connectivity index (χ1) is 11.5. The van der Waals surface area contributed by atoms with Crippen molar-refractivity contribution in [3.8, 4) is 17.6 Å². The lowest BCUT2D eigenvalue weighted by atomic mass is 10.0. The molecule has 0 saturated heterocycles. The van der Waals surface area contributed by atoms with Gasteiger partial charge in [0.15, 0.2) is 11.5 Å². The Bertz CT molecular complexity index is 809. The molecule has 2 aromatic carbocycles. The van der Waals surface area contributed by atoms with Crippen molar-refractivity contribution < 1.29 is 13.9 Å². The Labute approximate surface area is 145 Å². The minimum atomic E-state index is -0.455. The predicted molar refractivity (Wildman–Crippen MR) is 93.7 cm³/mol. The molecular formula is C19H17ClFNO2. The van der Waals surface area contributed by atoms with Crippen LogP contribution in [0.25, 0.3) is 11.6 Å². The topological polar surface area (TPSA) is 42.2 Å². The Morgan fingerprint density at radius 1 is 1.29 bits per heavy atom. The fourth-order valence-electron chi connectivity index (χ4n) is 2.19. The van der Waals surface area contributed by atoms with Gasteiger partial charge in [-0.25, -0.2) is 4.39 Å². The molecule has 3 nitrogen and oxygen atoms in total. The van der Waals surface area contributed by atoms with Crippen LogP contribution in [0.4, 0.5) is 4.39 Å². The maximum absolute atomic E-state index is 13.9. The zero-order chi connectivity index (χ0) is 17.7. The van der Waals surface area contributed by atoms with Gasteiger partial charge < -0.3 is 9.47 Å². The molecule has 0 aliphatic carbocycles. The molecule has 2 rings (SSSR count). The molecule has 0 aliphatic heterocycles. The lowest BCUT2D eigenvalue weighted by molar-refractivity contribution is 0.230. The van der Waals surface area contributed by atoms with Gasteiger partial charge in [0, 0.05) is 5.56 Å². The third-order valence-electron chi connectivity index (χ3n) is 3.20. The molecular weight excluding hydrogens is 329 g/mol. The molecule has 5 heteroatoms. The molecule has 0 unspecified atom stereocenters. The van der Waals surface area contributed by atoms with Crippen molar-refractivity contribution in [1.29, 1.82) is 5.26 Å². The minimum absolute atomic E-state index is 0.0640. The maximum Gasteiger partial charge on any atom is 0.180 e. The molecule has 0 spiro atoms. The van der Waals surface area contributed by atoms with Gasteiger partial charge in [-0.1, -0.05) is 29.8 Å². The number of hydrogen-bond acceptors (Lipinski definition) is 3. The second kappa shape index (κ2) is 7.85. The van der Waals surface area contributed by atoms with Gasteiger partial charge in [0.2, 0.25) is 0 Å². The molecule has 0 fully saturated rings. The van der Waals surface area contributed by atoms with Crippen molar-refractivity contribution in [2.24, 2.45) is 0 Å². The summed E-state index contributed by atoms with van der Waals surface area (Å²) in [5.41, 5.74) is 1.05. The molecule has 0 heterocycles. The van der Waals surface area contributed by atoms with Gasteiger partial charge in [0.1, 0.15) is 5.82 Å². The smallest absolute Gasteiger partial charge is 0.180 e. The minimum Gasteiger partial charge on any atom is -0.493 e. The highest BCUT2D eigenvalue weighted by molar-refractivity contribution is 6.32. The largest absolute Gasteiger partial charge is 0.493 e. The average Bonchev–Trinajstić information content (AvgIpc) is 2.55. The number of nitrogens with zero attached hydrogens (tertiary/aromatic N) is 1. The summed E-state index contributed by atoms with van der Waals surface area (Å²) >= 11 is 6.27. The summed E-state index contributed by atoms with van der Waals surface area (Å²) in [6, 6.07) is 11.5. The van der Waals surface area contributed by atoms with E-state index in [9.17, 15) is 9.65 Å². The molecule has 0 bridgehead atoms. The number of benzene rings is 2. The molecule has 24 heavy (non-hydrogen) atoms. The normalized spacial score (nSPS) is 11.3. The molecule has 0 N–H and O–H groups in total. The van der Waals surface area contributed by atoms with Crippen molar-refractivity contribution in [3.63, 3.8) is 0 Å². The number of rotatable bonds is 5.